The maximum absolute atomic E-state index is 14.5. The Morgan fingerprint density at radius 1 is 0.875 bits per heavy atom. The number of hydrogen-bond acceptors (Lipinski definition) is 3. The molecule has 3 aromatic rings. The zero-order chi connectivity index (χ0) is 22.1. The lowest BCUT2D eigenvalue weighted by molar-refractivity contribution is -0.126. The van der Waals surface area contributed by atoms with Gasteiger partial charge >= 0.3 is 0 Å². The molecule has 1 amide bonds. The maximum atomic E-state index is 14.5. The number of nitrogens with zero attached hydrogens (tertiary/aromatic N) is 2. The van der Waals surface area contributed by atoms with Gasteiger partial charge in [0.25, 0.3) is 0 Å². The number of fused-ring (bicyclic) bond motifs is 3. The predicted octanol–water partition coefficient (Wildman–Crippen LogP) is 4.15. The molecular weight excluding hydrogens is 408 g/mol. The Morgan fingerprint density at radius 3 is 2.34 bits per heavy atom. The number of anilines is 2. The van der Waals surface area contributed by atoms with Crippen molar-refractivity contribution in [2.75, 3.05) is 29.4 Å². The average Bonchev–Trinajstić information content (AvgIpc) is 2.83. The molecule has 0 bridgehead atoms. The number of carbonyl (C=O) groups excluding carboxylic acids is 1. The summed E-state index contributed by atoms with van der Waals surface area (Å²) >= 11 is 0. The number of amides is 1. The smallest absolute Gasteiger partial charge is 0.225 e. The molecule has 0 radical (unpaired) electrons. The van der Waals surface area contributed by atoms with E-state index >= 15 is 0 Å². The molecule has 2 atom stereocenters. The molecule has 0 aromatic heterocycles. The van der Waals surface area contributed by atoms with Crippen LogP contribution in [0.2, 0.25) is 0 Å². The number of rotatable bonds is 4. The van der Waals surface area contributed by atoms with E-state index in [0.717, 1.165) is 11.3 Å². The van der Waals surface area contributed by atoms with Gasteiger partial charge in [-0.15, -0.1) is 0 Å². The highest BCUT2D eigenvalue weighted by atomic mass is 19.1. The molecule has 0 saturated carbocycles. The highest BCUT2D eigenvalue weighted by Crippen LogP contribution is 2.37. The van der Waals surface area contributed by atoms with Crippen LogP contribution < -0.4 is 15.1 Å². The van der Waals surface area contributed by atoms with Crippen molar-refractivity contribution >= 4 is 17.3 Å². The summed E-state index contributed by atoms with van der Waals surface area (Å²) < 4.78 is 28.5. The minimum atomic E-state index is -0.327. The van der Waals surface area contributed by atoms with Gasteiger partial charge in [0.2, 0.25) is 5.91 Å². The van der Waals surface area contributed by atoms with Crippen molar-refractivity contribution in [1.82, 2.24) is 5.32 Å². The van der Waals surface area contributed by atoms with E-state index in [2.05, 4.69) is 22.3 Å². The van der Waals surface area contributed by atoms with Crippen LogP contribution >= 0.6 is 0 Å². The highest BCUT2D eigenvalue weighted by Gasteiger charge is 2.41. The molecule has 5 rings (SSSR count). The van der Waals surface area contributed by atoms with Gasteiger partial charge in [-0.1, -0.05) is 48.5 Å². The van der Waals surface area contributed by atoms with Crippen LogP contribution in [0.3, 0.4) is 0 Å². The molecule has 4 nitrogen and oxygen atoms in total. The van der Waals surface area contributed by atoms with Gasteiger partial charge in [0.15, 0.2) is 0 Å². The summed E-state index contributed by atoms with van der Waals surface area (Å²) in [5.41, 5.74) is 3.31. The van der Waals surface area contributed by atoms with E-state index < -0.39 is 0 Å². The molecule has 3 aromatic carbocycles. The fourth-order valence-electron chi connectivity index (χ4n) is 4.94. The molecule has 0 aliphatic carbocycles. The monoisotopic (exact) mass is 433 g/mol. The van der Waals surface area contributed by atoms with E-state index in [4.69, 9.17) is 0 Å². The number of hydrogen-bond donors (Lipinski definition) is 1. The van der Waals surface area contributed by atoms with Gasteiger partial charge in [0, 0.05) is 37.4 Å². The molecule has 164 valence electrons. The first-order valence-electron chi connectivity index (χ1n) is 11.0. The zero-order valence-corrected chi connectivity index (χ0v) is 17.7. The van der Waals surface area contributed by atoms with E-state index in [1.54, 1.807) is 30.3 Å². The van der Waals surface area contributed by atoms with E-state index in [9.17, 15) is 13.6 Å². The van der Waals surface area contributed by atoms with Crippen LogP contribution in [0.1, 0.15) is 11.1 Å². The van der Waals surface area contributed by atoms with Crippen LogP contribution in [0.4, 0.5) is 20.2 Å². The topological polar surface area (TPSA) is 35.6 Å². The third-order valence-electron chi connectivity index (χ3n) is 6.56. The van der Waals surface area contributed by atoms with Crippen molar-refractivity contribution in [3.63, 3.8) is 0 Å². The van der Waals surface area contributed by atoms with Gasteiger partial charge in [-0.3, -0.25) is 4.79 Å². The lowest BCUT2D eigenvalue weighted by Crippen LogP contribution is -2.61. The van der Waals surface area contributed by atoms with Crippen molar-refractivity contribution in [1.29, 1.82) is 0 Å². The summed E-state index contributed by atoms with van der Waals surface area (Å²) in [6, 6.07) is 21.3. The Bertz CT molecular complexity index is 1140. The molecule has 2 aliphatic rings. The predicted molar refractivity (Wildman–Crippen MR) is 122 cm³/mol. The molecule has 1 N–H and O–H groups in total. The van der Waals surface area contributed by atoms with E-state index in [0.29, 0.717) is 37.3 Å². The fourth-order valence-corrected chi connectivity index (χ4v) is 4.94. The van der Waals surface area contributed by atoms with E-state index in [-0.39, 0.29) is 36.0 Å². The number of nitrogens with one attached hydrogen (secondary N) is 1. The molecular formula is C26H25F2N3O. The third-order valence-corrected chi connectivity index (χ3v) is 6.56. The summed E-state index contributed by atoms with van der Waals surface area (Å²) in [7, 11) is 0. The fraction of sp³-hybridized carbons (Fsp3) is 0.269. The first-order valence-corrected chi connectivity index (χ1v) is 11.0. The van der Waals surface area contributed by atoms with E-state index in [1.807, 2.05) is 23.1 Å². The van der Waals surface area contributed by atoms with Crippen molar-refractivity contribution in [3.05, 3.63) is 95.6 Å². The Balaban J connectivity index is 1.41. The number of carbonyl (C=O) groups is 1. The Kier molecular flexibility index (Phi) is 5.52. The van der Waals surface area contributed by atoms with Crippen molar-refractivity contribution in [3.8, 4) is 0 Å². The lowest BCUT2D eigenvalue weighted by Gasteiger charge is -2.49. The summed E-state index contributed by atoms with van der Waals surface area (Å²) in [6.07, 6.45) is 0.603. The molecule has 2 unspecified atom stereocenters. The Morgan fingerprint density at radius 2 is 1.56 bits per heavy atom. The van der Waals surface area contributed by atoms with Crippen LogP contribution in [0.15, 0.2) is 72.8 Å². The number of benzene rings is 3. The minimum absolute atomic E-state index is 0.0983. The van der Waals surface area contributed by atoms with Crippen LogP contribution in [0.25, 0.3) is 0 Å². The third kappa shape index (κ3) is 3.81. The SMILES string of the molecule is O=C(NCc1ccccc1F)C1Cc2ccccc2N2CCN(c3ccccc3F)CC12. The van der Waals surface area contributed by atoms with Crippen molar-refractivity contribution < 1.29 is 13.6 Å². The average molecular weight is 434 g/mol. The highest BCUT2D eigenvalue weighted by molar-refractivity contribution is 5.82. The maximum Gasteiger partial charge on any atom is 0.225 e. The second-order valence-corrected chi connectivity index (χ2v) is 8.41. The molecule has 2 heterocycles. The van der Waals surface area contributed by atoms with Gasteiger partial charge in [0.05, 0.1) is 17.6 Å². The number of halogens is 2. The van der Waals surface area contributed by atoms with E-state index in [1.165, 1.54) is 12.1 Å². The van der Waals surface area contributed by atoms with Crippen molar-refractivity contribution in [2.24, 2.45) is 5.92 Å². The molecule has 1 saturated heterocycles. The molecule has 6 heteroatoms. The largest absolute Gasteiger partial charge is 0.365 e. The van der Waals surface area contributed by atoms with Crippen LogP contribution in [-0.2, 0) is 17.8 Å². The quantitative estimate of drug-likeness (QED) is 0.672. The first kappa shape index (κ1) is 20.5. The summed E-state index contributed by atoms with van der Waals surface area (Å²) in [6.45, 7) is 2.07. The standard InChI is InChI=1S/C26H25F2N3O/c27-21-9-3-1-8-19(21)16-29-26(32)20-15-18-7-2-5-11-23(18)31-14-13-30(17-25(20)31)24-12-6-4-10-22(24)28/h1-12,20,25H,13-17H2,(H,29,32). The molecule has 0 spiro atoms. The van der Waals surface area contributed by atoms with Crippen LogP contribution in [0.5, 0.6) is 0 Å². The Hall–Kier alpha value is -3.41. The molecule has 1 fully saturated rings. The Labute approximate surface area is 186 Å². The van der Waals surface area contributed by atoms with Gasteiger partial charge < -0.3 is 15.1 Å². The summed E-state index contributed by atoms with van der Waals surface area (Å²) in [5, 5.41) is 2.94. The van der Waals surface area contributed by atoms with Crippen molar-refractivity contribution in [2.45, 2.75) is 19.0 Å². The zero-order valence-electron chi connectivity index (χ0n) is 17.7. The van der Waals surface area contributed by atoms with Crippen LogP contribution in [0, 0.1) is 17.6 Å². The second-order valence-electron chi connectivity index (χ2n) is 8.41. The van der Waals surface area contributed by atoms with Gasteiger partial charge in [0.1, 0.15) is 11.6 Å². The van der Waals surface area contributed by atoms with Gasteiger partial charge in [-0.2, -0.15) is 0 Å². The number of para-hydroxylation sites is 2. The summed E-state index contributed by atoms with van der Waals surface area (Å²) in [5.74, 6) is -0.996. The number of piperazine rings is 1. The normalized spacial score (nSPS) is 19.8. The lowest BCUT2D eigenvalue weighted by atomic mass is 9.83. The summed E-state index contributed by atoms with van der Waals surface area (Å²) in [4.78, 5) is 17.6. The first-order chi connectivity index (χ1) is 15.6. The van der Waals surface area contributed by atoms with Gasteiger partial charge in [-0.05, 0) is 36.2 Å². The van der Waals surface area contributed by atoms with Crippen LogP contribution in [-0.4, -0.2) is 31.6 Å². The second kappa shape index (κ2) is 8.61. The minimum Gasteiger partial charge on any atom is -0.365 e. The van der Waals surface area contributed by atoms with Gasteiger partial charge in [-0.25, -0.2) is 8.78 Å². The molecule has 2 aliphatic heterocycles. The molecule has 32 heavy (non-hydrogen) atoms.